The van der Waals surface area contributed by atoms with Gasteiger partial charge in [-0.1, -0.05) is 23.7 Å². The fourth-order valence-corrected chi connectivity index (χ4v) is 4.10. The van der Waals surface area contributed by atoms with Crippen LogP contribution in [0.2, 0.25) is 5.02 Å². The maximum Gasteiger partial charge on any atom is 0.293 e. The second-order valence-corrected chi connectivity index (χ2v) is 7.78. The van der Waals surface area contributed by atoms with Gasteiger partial charge in [-0.05, 0) is 24.3 Å². The lowest BCUT2D eigenvalue weighted by atomic mass is 10.1. The molecule has 0 aliphatic carbocycles. The van der Waals surface area contributed by atoms with Gasteiger partial charge in [0.2, 0.25) is 0 Å². The molecule has 8 nitrogen and oxygen atoms in total. The van der Waals surface area contributed by atoms with E-state index in [1.165, 1.54) is 0 Å². The van der Waals surface area contributed by atoms with Gasteiger partial charge in [-0.25, -0.2) is 4.98 Å². The molecule has 1 aliphatic rings. The first-order valence-electron chi connectivity index (χ1n) is 10.00. The van der Waals surface area contributed by atoms with Crippen molar-refractivity contribution in [3.8, 4) is 11.1 Å². The van der Waals surface area contributed by atoms with Gasteiger partial charge in [-0.2, -0.15) is 5.10 Å². The molecule has 158 valence electrons. The Kier molecular flexibility index (Phi) is 5.09. The highest BCUT2D eigenvalue weighted by molar-refractivity contribution is 6.34. The summed E-state index contributed by atoms with van der Waals surface area (Å²) in [6.07, 6.45) is 3.45. The molecule has 0 bridgehead atoms. The second-order valence-electron chi connectivity index (χ2n) is 7.37. The van der Waals surface area contributed by atoms with Crippen molar-refractivity contribution in [3.05, 3.63) is 64.2 Å². The molecule has 0 spiro atoms. The van der Waals surface area contributed by atoms with Crippen LogP contribution in [0.25, 0.3) is 22.2 Å². The Bertz CT molecular complexity index is 1300. The number of H-pyrrole nitrogens is 1. The lowest BCUT2D eigenvalue weighted by molar-refractivity contribution is 0.123. The Morgan fingerprint density at radius 3 is 2.77 bits per heavy atom. The third-order valence-electron chi connectivity index (χ3n) is 5.48. The van der Waals surface area contributed by atoms with Crippen LogP contribution in [-0.4, -0.2) is 46.1 Å². The van der Waals surface area contributed by atoms with Crippen LogP contribution in [0.4, 0.5) is 17.2 Å². The fourth-order valence-electron chi connectivity index (χ4n) is 3.83. The van der Waals surface area contributed by atoms with Crippen LogP contribution in [0.15, 0.2) is 53.6 Å². The molecule has 0 amide bonds. The normalized spacial score (nSPS) is 14.2. The van der Waals surface area contributed by atoms with Crippen molar-refractivity contribution < 1.29 is 4.74 Å². The van der Waals surface area contributed by atoms with Crippen molar-refractivity contribution in [2.75, 3.05) is 36.5 Å². The SMILES string of the molecule is Cn1c(=O)c(Nc2ccccc2N2CCOCC2)nc2cc(Cl)c(-c3cn[nH]c3)cc21. The number of ether oxygens (including phenoxy) is 1. The number of hydrogen-bond acceptors (Lipinski definition) is 6. The number of nitrogens with one attached hydrogen (secondary N) is 2. The molecule has 5 rings (SSSR count). The molecule has 31 heavy (non-hydrogen) atoms. The molecule has 0 atom stereocenters. The molecular formula is C22H21ClN6O2. The summed E-state index contributed by atoms with van der Waals surface area (Å²) in [5.41, 5.74) is 4.59. The Labute approximate surface area is 183 Å². The maximum atomic E-state index is 13.1. The van der Waals surface area contributed by atoms with E-state index in [-0.39, 0.29) is 11.4 Å². The predicted octanol–water partition coefficient (Wildman–Crippen LogP) is 3.56. The molecule has 2 N–H and O–H groups in total. The summed E-state index contributed by atoms with van der Waals surface area (Å²) in [4.78, 5) is 20.0. The number of aromatic amines is 1. The molecule has 4 aromatic rings. The topological polar surface area (TPSA) is 88.1 Å². The number of rotatable bonds is 4. The van der Waals surface area contributed by atoms with E-state index in [4.69, 9.17) is 16.3 Å². The minimum atomic E-state index is -0.218. The van der Waals surface area contributed by atoms with Crippen LogP contribution in [0.3, 0.4) is 0 Å². The quantitative estimate of drug-likeness (QED) is 0.508. The van der Waals surface area contributed by atoms with Crippen LogP contribution < -0.4 is 15.8 Å². The minimum Gasteiger partial charge on any atom is -0.378 e. The largest absolute Gasteiger partial charge is 0.378 e. The van der Waals surface area contributed by atoms with E-state index < -0.39 is 0 Å². The number of para-hydroxylation sites is 2. The number of nitrogens with zero attached hydrogens (tertiary/aromatic N) is 4. The highest BCUT2D eigenvalue weighted by Gasteiger charge is 2.17. The monoisotopic (exact) mass is 436 g/mol. The van der Waals surface area contributed by atoms with Crippen molar-refractivity contribution >= 4 is 39.8 Å². The molecule has 2 aromatic carbocycles. The van der Waals surface area contributed by atoms with Gasteiger partial charge < -0.3 is 19.5 Å². The summed E-state index contributed by atoms with van der Waals surface area (Å²) in [6, 6.07) is 11.5. The van der Waals surface area contributed by atoms with Crippen molar-refractivity contribution in [1.82, 2.24) is 19.7 Å². The average molecular weight is 437 g/mol. The van der Waals surface area contributed by atoms with Crippen LogP contribution >= 0.6 is 11.6 Å². The van der Waals surface area contributed by atoms with E-state index in [1.54, 1.807) is 30.1 Å². The number of anilines is 3. The lowest BCUT2D eigenvalue weighted by Gasteiger charge is -2.30. The average Bonchev–Trinajstić information content (AvgIpc) is 3.33. The highest BCUT2D eigenvalue weighted by atomic mass is 35.5. The molecule has 0 saturated carbocycles. The summed E-state index contributed by atoms with van der Waals surface area (Å²) in [6.45, 7) is 2.96. The number of halogens is 1. The van der Waals surface area contributed by atoms with E-state index in [0.29, 0.717) is 29.3 Å². The summed E-state index contributed by atoms with van der Waals surface area (Å²) >= 11 is 6.52. The van der Waals surface area contributed by atoms with Crippen molar-refractivity contribution in [3.63, 3.8) is 0 Å². The number of morpholine rings is 1. The zero-order valence-electron chi connectivity index (χ0n) is 16.9. The van der Waals surface area contributed by atoms with Gasteiger partial charge >= 0.3 is 0 Å². The number of aryl methyl sites for hydroxylation is 1. The van der Waals surface area contributed by atoms with Gasteiger partial charge in [0.05, 0.1) is 46.8 Å². The standard InChI is InChI=1S/C22H21ClN6O2/c1-28-20-10-15(14-12-24-25-13-14)16(23)11-18(20)27-21(22(28)30)26-17-4-2-3-5-19(17)29-6-8-31-9-7-29/h2-5,10-13H,6-9H2,1H3,(H,24,25)(H,26,27). The Morgan fingerprint density at radius 2 is 2.00 bits per heavy atom. The van der Waals surface area contributed by atoms with Gasteiger partial charge in [0.1, 0.15) is 0 Å². The summed E-state index contributed by atoms with van der Waals surface area (Å²) in [5, 5.41) is 10.6. The highest BCUT2D eigenvalue weighted by Crippen LogP contribution is 2.32. The van der Waals surface area contributed by atoms with Crippen LogP contribution in [-0.2, 0) is 11.8 Å². The third kappa shape index (κ3) is 3.64. The number of hydrogen-bond donors (Lipinski definition) is 2. The van der Waals surface area contributed by atoms with Gasteiger partial charge in [0.25, 0.3) is 5.56 Å². The van der Waals surface area contributed by atoms with E-state index in [0.717, 1.165) is 35.6 Å². The van der Waals surface area contributed by atoms with E-state index in [2.05, 4.69) is 25.4 Å². The van der Waals surface area contributed by atoms with Crippen molar-refractivity contribution in [2.24, 2.45) is 7.05 Å². The molecule has 1 fully saturated rings. The summed E-state index contributed by atoms with van der Waals surface area (Å²) in [7, 11) is 1.73. The molecule has 9 heteroatoms. The van der Waals surface area contributed by atoms with E-state index in [1.807, 2.05) is 30.3 Å². The Morgan fingerprint density at radius 1 is 1.19 bits per heavy atom. The molecule has 1 saturated heterocycles. The van der Waals surface area contributed by atoms with Crippen LogP contribution in [0.5, 0.6) is 0 Å². The van der Waals surface area contributed by atoms with Gasteiger partial charge in [0, 0.05) is 37.5 Å². The summed E-state index contributed by atoms with van der Waals surface area (Å²) < 4.78 is 7.05. The molecule has 1 aliphatic heterocycles. The lowest BCUT2D eigenvalue weighted by Crippen LogP contribution is -2.36. The zero-order chi connectivity index (χ0) is 21.4. The molecule has 3 heterocycles. The van der Waals surface area contributed by atoms with Gasteiger partial charge in [-0.15, -0.1) is 0 Å². The summed E-state index contributed by atoms with van der Waals surface area (Å²) in [5.74, 6) is 0.253. The number of fused-ring (bicyclic) bond motifs is 1. The van der Waals surface area contributed by atoms with E-state index >= 15 is 0 Å². The molecular weight excluding hydrogens is 416 g/mol. The first kappa shape index (κ1) is 19.6. The predicted molar refractivity (Wildman–Crippen MR) is 122 cm³/mol. The Balaban J connectivity index is 1.57. The first-order chi connectivity index (χ1) is 15.1. The van der Waals surface area contributed by atoms with Crippen molar-refractivity contribution in [2.45, 2.75) is 0 Å². The maximum absolute atomic E-state index is 13.1. The fraction of sp³-hybridized carbons (Fsp3) is 0.227. The van der Waals surface area contributed by atoms with Gasteiger partial charge in [0.15, 0.2) is 5.82 Å². The Hall–Kier alpha value is -3.36. The van der Waals surface area contributed by atoms with E-state index in [9.17, 15) is 4.79 Å². The first-order valence-corrected chi connectivity index (χ1v) is 10.4. The van der Waals surface area contributed by atoms with Crippen molar-refractivity contribution in [1.29, 1.82) is 0 Å². The molecule has 2 aromatic heterocycles. The van der Waals surface area contributed by atoms with Crippen LogP contribution in [0.1, 0.15) is 0 Å². The smallest absolute Gasteiger partial charge is 0.293 e. The number of aromatic nitrogens is 4. The zero-order valence-corrected chi connectivity index (χ0v) is 17.7. The van der Waals surface area contributed by atoms with Gasteiger partial charge in [-0.3, -0.25) is 9.89 Å². The third-order valence-corrected chi connectivity index (χ3v) is 5.80. The second kappa shape index (κ2) is 8.05. The number of benzene rings is 2. The van der Waals surface area contributed by atoms with Crippen LogP contribution in [0, 0.1) is 0 Å². The molecule has 0 unspecified atom stereocenters. The molecule has 0 radical (unpaired) electrons. The minimum absolute atomic E-state index is 0.218.